The Balaban J connectivity index is 2.39. The summed E-state index contributed by atoms with van der Waals surface area (Å²) < 4.78 is 0. The van der Waals surface area contributed by atoms with E-state index in [4.69, 9.17) is 0 Å². The summed E-state index contributed by atoms with van der Waals surface area (Å²) in [7, 11) is 0. The summed E-state index contributed by atoms with van der Waals surface area (Å²) in [4.78, 5) is 5.32. The molecule has 0 bridgehead atoms. The Kier molecular flexibility index (Phi) is 7.06. The van der Waals surface area contributed by atoms with Crippen LogP contribution in [0.2, 0.25) is 0 Å². The van der Waals surface area contributed by atoms with Gasteiger partial charge < -0.3 is 4.90 Å². The first kappa shape index (κ1) is 14.0. The van der Waals surface area contributed by atoms with Crippen molar-refractivity contribution in [3.05, 3.63) is 0 Å². The Morgan fingerprint density at radius 1 is 1.12 bits per heavy atom. The van der Waals surface area contributed by atoms with Gasteiger partial charge in [-0.3, -0.25) is 4.90 Å². The molecule has 0 spiro atoms. The minimum absolute atomic E-state index is 0.834. The van der Waals surface area contributed by atoms with Crippen molar-refractivity contribution in [2.45, 2.75) is 58.9 Å². The summed E-state index contributed by atoms with van der Waals surface area (Å²) in [5.74, 6) is 0. The first-order valence-corrected chi connectivity index (χ1v) is 7.28. The predicted octanol–water partition coefficient (Wildman–Crippen LogP) is 2.98. The zero-order valence-electron chi connectivity index (χ0n) is 11.5. The molecular formula is C14H30N2. The molecule has 0 N–H and O–H groups in total. The van der Waals surface area contributed by atoms with Crippen LogP contribution < -0.4 is 0 Å². The monoisotopic (exact) mass is 226 g/mol. The van der Waals surface area contributed by atoms with Gasteiger partial charge in [0, 0.05) is 12.6 Å². The van der Waals surface area contributed by atoms with Crippen LogP contribution in [0.5, 0.6) is 0 Å². The van der Waals surface area contributed by atoms with Crippen molar-refractivity contribution >= 4 is 0 Å². The zero-order valence-corrected chi connectivity index (χ0v) is 11.5. The number of hydrogen-bond acceptors (Lipinski definition) is 2. The summed E-state index contributed by atoms with van der Waals surface area (Å²) in [5, 5.41) is 0. The normalized spacial score (nSPS) is 22.9. The molecule has 96 valence electrons. The van der Waals surface area contributed by atoms with E-state index < -0.39 is 0 Å². The zero-order chi connectivity index (χ0) is 11.8. The van der Waals surface area contributed by atoms with Crippen LogP contribution in [0.3, 0.4) is 0 Å². The van der Waals surface area contributed by atoms with Crippen LogP contribution >= 0.6 is 0 Å². The molecule has 0 aromatic rings. The summed E-state index contributed by atoms with van der Waals surface area (Å²) in [5.41, 5.74) is 0. The van der Waals surface area contributed by atoms with Crippen molar-refractivity contribution < 1.29 is 0 Å². The number of unbranched alkanes of at least 4 members (excludes halogenated alkanes) is 1. The fraction of sp³-hybridized carbons (Fsp3) is 1.00. The molecule has 0 saturated carbocycles. The molecule has 2 nitrogen and oxygen atoms in total. The van der Waals surface area contributed by atoms with Crippen molar-refractivity contribution in [1.82, 2.24) is 9.80 Å². The quantitative estimate of drug-likeness (QED) is 0.658. The SMILES string of the molecule is CCCCN1CCCCC1CN(CC)CC. The molecule has 0 amide bonds. The minimum Gasteiger partial charge on any atom is -0.302 e. The van der Waals surface area contributed by atoms with Gasteiger partial charge >= 0.3 is 0 Å². The van der Waals surface area contributed by atoms with Gasteiger partial charge in [0.1, 0.15) is 0 Å². The number of hydrogen-bond donors (Lipinski definition) is 0. The Morgan fingerprint density at radius 3 is 2.50 bits per heavy atom. The van der Waals surface area contributed by atoms with Gasteiger partial charge in [0.25, 0.3) is 0 Å². The number of nitrogens with zero attached hydrogens (tertiary/aromatic N) is 2. The van der Waals surface area contributed by atoms with E-state index in [-0.39, 0.29) is 0 Å². The highest BCUT2D eigenvalue weighted by Crippen LogP contribution is 2.18. The standard InChI is InChI=1S/C14H30N2/c1-4-7-11-16-12-9-8-10-14(16)13-15(5-2)6-3/h14H,4-13H2,1-3H3. The Hall–Kier alpha value is -0.0800. The average Bonchev–Trinajstić information content (AvgIpc) is 2.34. The van der Waals surface area contributed by atoms with Crippen LogP contribution in [-0.4, -0.2) is 48.6 Å². The Morgan fingerprint density at radius 2 is 1.88 bits per heavy atom. The van der Waals surface area contributed by atoms with Crippen LogP contribution in [-0.2, 0) is 0 Å². The minimum atomic E-state index is 0.834. The van der Waals surface area contributed by atoms with E-state index in [1.807, 2.05) is 0 Å². The van der Waals surface area contributed by atoms with Crippen LogP contribution in [0.4, 0.5) is 0 Å². The third kappa shape index (κ3) is 4.42. The number of piperidine rings is 1. The van der Waals surface area contributed by atoms with E-state index in [9.17, 15) is 0 Å². The highest BCUT2D eigenvalue weighted by molar-refractivity contribution is 4.79. The summed E-state index contributed by atoms with van der Waals surface area (Å²) in [6, 6.07) is 0.834. The second-order valence-electron chi connectivity index (χ2n) is 5.02. The van der Waals surface area contributed by atoms with E-state index in [1.165, 1.54) is 64.8 Å². The third-order valence-electron chi connectivity index (χ3n) is 3.91. The van der Waals surface area contributed by atoms with Gasteiger partial charge in [0.05, 0.1) is 0 Å². The van der Waals surface area contributed by atoms with E-state index in [2.05, 4.69) is 30.6 Å². The molecule has 0 aromatic heterocycles. The number of likely N-dealkylation sites (tertiary alicyclic amines) is 1. The molecular weight excluding hydrogens is 196 g/mol. The van der Waals surface area contributed by atoms with Crippen molar-refractivity contribution in [2.24, 2.45) is 0 Å². The number of likely N-dealkylation sites (N-methyl/N-ethyl adjacent to an activating group) is 1. The summed E-state index contributed by atoms with van der Waals surface area (Å²) in [6.45, 7) is 13.2. The van der Waals surface area contributed by atoms with Crippen LogP contribution in [0.1, 0.15) is 52.9 Å². The van der Waals surface area contributed by atoms with Gasteiger partial charge in [0.2, 0.25) is 0 Å². The predicted molar refractivity (Wildman–Crippen MR) is 71.9 cm³/mol. The summed E-state index contributed by atoms with van der Waals surface area (Å²) >= 11 is 0. The molecule has 0 radical (unpaired) electrons. The van der Waals surface area contributed by atoms with Gasteiger partial charge in [-0.2, -0.15) is 0 Å². The third-order valence-corrected chi connectivity index (χ3v) is 3.91. The molecule has 16 heavy (non-hydrogen) atoms. The molecule has 1 saturated heterocycles. The van der Waals surface area contributed by atoms with Crippen LogP contribution in [0.15, 0.2) is 0 Å². The maximum atomic E-state index is 2.74. The largest absolute Gasteiger partial charge is 0.302 e. The lowest BCUT2D eigenvalue weighted by Crippen LogP contribution is -2.47. The van der Waals surface area contributed by atoms with Gasteiger partial charge in [-0.25, -0.2) is 0 Å². The molecule has 1 atom stereocenters. The van der Waals surface area contributed by atoms with Gasteiger partial charge in [-0.1, -0.05) is 33.6 Å². The molecule has 1 rings (SSSR count). The second-order valence-corrected chi connectivity index (χ2v) is 5.02. The molecule has 1 aliphatic rings. The highest BCUT2D eigenvalue weighted by atomic mass is 15.2. The maximum Gasteiger partial charge on any atom is 0.0223 e. The number of rotatable bonds is 7. The van der Waals surface area contributed by atoms with Crippen molar-refractivity contribution in [1.29, 1.82) is 0 Å². The topological polar surface area (TPSA) is 6.48 Å². The lowest BCUT2D eigenvalue weighted by molar-refractivity contribution is 0.107. The van der Waals surface area contributed by atoms with E-state index in [1.54, 1.807) is 0 Å². The van der Waals surface area contributed by atoms with Gasteiger partial charge in [-0.15, -0.1) is 0 Å². The molecule has 1 aliphatic heterocycles. The summed E-state index contributed by atoms with van der Waals surface area (Å²) in [6.07, 6.45) is 6.97. The second kappa shape index (κ2) is 8.08. The smallest absolute Gasteiger partial charge is 0.0223 e. The molecule has 0 aliphatic carbocycles. The van der Waals surface area contributed by atoms with Crippen molar-refractivity contribution in [2.75, 3.05) is 32.7 Å². The first-order chi connectivity index (χ1) is 7.81. The molecule has 1 fully saturated rings. The molecule has 2 heteroatoms. The van der Waals surface area contributed by atoms with E-state index in [0.717, 1.165) is 6.04 Å². The maximum absolute atomic E-state index is 2.74. The molecule has 1 heterocycles. The van der Waals surface area contributed by atoms with Gasteiger partial charge in [0.15, 0.2) is 0 Å². The molecule has 1 unspecified atom stereocenters. The lowest BCUT2D eigenvalue weighted by atomic mass is 10.0. The average molecular weight is 226 g/mol. The first-order valence-electron chi connectivity index (χ1n) is 7.28. The highest BCUT2D eigenvalue weighted by Gasteiger charge is 2.22. The Bertz CT molecular complexity index is 166. The Labute approximate surface area is 102 Å². The van der Waals surface area contributed by atoms with Crippen LogP contribution in [0.25, 0.3) is 0 Å². The van der Waals surface area contributed by atoms with Crippen molar-refractivity contribution in [3.63, 3.8) is 0 Å². The molecule has 0 aromatic carbocycles. The fourth-order valence-corrected chi connectivity index (χ4v) is 2.70. The van der Waals surface area contributed by atoms with Crippen LogP contribution in [0, 0.1) is 0 Å². The van der Waals surface area contributed by atoms with Gasteiger partial charge in [-0.05, 0) is 45.4 Å². The lowest BCUT2D eigenvalue weighted by Gasteiger charge is -2.38. The van der Waals surface area contributed by atoms with Crippen molar-refractivity contribution in [3.8, 4) is 0 Å². The fourth-order valence-electron chi connectivity index (χ4n) is 2.70. The van der Waals surface area contributed by atoms with E-state index in [0.29, 0.717) is 0 Å². The van der Waals surface area contributed by atoms with E-state index >= 15 is 0 Å².